The number of amides is 3. The van der Waals surface area contributed by atoms with E-state index in [9.17, 15) is 14.4 Å². The van der Waals surface area contributed by atoms with Crippen molar-refractivity contribution in [1.82, 2.24) is 14.8 Å². The zero-order valence-electron chi connectivity index (χ0n) is 21.2. The van der Waals surface area contributed by atoms with Crippen molar-refractivity contribution < 1.29 is 14.4 Å². The van der Waals surface area contributed by atoms with E-state index in [4.69, 9.17) is 23.2 Å². The van der Waals surface area contributed by atoms with Crippen LogP contribution in [0.15, 0.2) is 53.9 Å². The summed E-state index contributed by atoms with van der Waals surface area (Å²) >= 11 is 13.3. The Morgan fingerprint density at radius 2 is 1.74 bits per heavy atom. The van der Waals surface area contributed by atoms with Crippen LogP contribution in [0.3, 0.4) is 0 Å². The van der Waals surface area contributed by atoms with Gasteiger partial charge in [-0.2, -0.15) is 0 Å². The Balaban J connectivity index is 1.28. The van der Waals surface area contributed by atoms with Crippen LogP contribution < -0.4 is 10.2 Å². The van der Waals surface area contributed by atoms with Gasteiger partial charge in [0.1, 0.15) is 6.54 Å². The van der Waals surface area contributed by atoms with Gasteiger partial charge in [-0.1, -0.05) is 29.3 Å². The van der Waals surface area contributed by atoms with E-state index < -0.39 is 0 Å². The minimum absolute atomic E-state index is 0.00142. The van der Waals surface area contributed by atoms with Gasteiger partial charge < -0.3 is 20.0 Å². The van der Waals surface area contributed by atoms with E-state index >= 15 is 0 Å². The molecule has 0 radical (unpaired) electrons. The van der Waals surface area contributed by atoms with E-state index in [-0.39, 0.29) is 36.7 Å². The molecule has 11 heteroatoms. The van der Waals surface area contributed by atoms with Crippen molar-refractivity contribution in [2.24, 2.45) is 0 Å². The van der Waals surface area contributed by atoms with Gasteiger partial charge in [-0.25, -0.2) is 4.98 Å². The monoisotopic (exact) mass is 573 g/mol. The molecule has 0 bridgehead atoms. The van der Waals surface area contributed by atoms with Crippen LogP contribution >= 0.6 is 34.5 Å². The number of carbonyl (C=O) groups is 3. The maximum Gasteiger partial charge on any atom is 0.254 e. The summed E-state index contributed by atoms with van der Waals surface area (Å²) < 4.78 is 0. The van der Waals surface area contributed by atoms with Crippen molar-refractivity contribution in [3.05, 3.63) is 75.2 Å². The number of thiazole rings is 1. The van der Waals surface area contributed by atoms with Crippen LogP contribution in [0.2, 0.25) is 10.0 Å². The summed E-state index contributed by atoms with van der Waals surface area (Å²) in [4.78, 5) is 48.4. The van der Waals surface area contributed by atoms with Crippen LogP contribution in [-0.2, 0) is 16.0 Å². The van der Waals surface area contributed by atoms with Crippen LogP contribution in [0.5, 0.6) is 0 Å². The number of nitrogens with zero attached hydrogens (tertiary/aromatic N) is 4. The zero-order chi connectivity index (χ0) is 27.2. The second-order valence-corrected chi connectivity index (χ2v) is 11.0. The summed E-state index contributed by atoms with van der Waals surface area (Å²) in [5.74, 6) is -0.614. The maximum atomic E-state index is 12.9. The minimum atomic E-state index is -0.356. The van der Waals surface area contributed by atoms with Crippen molar-refractivity contribution in [3.8, 4) is 0 Å². The Bertz CT molecular complexity index is 1290. The van der Waals surface area contributed by atoms with Crippen LogP contribution in [0.1, 0.15) is 29.9 Å². The second-order valence-electron chi connectivity index (χ2n) is 9.25. The van der Waals surface area contributed by atoms with Gasteiger partial charge >= 0.3 is 0 Å². The molecule has 1 saturated heterocycles. The maximum absolute atomic E-state index is 12.9. The van der Waals surface area contributed by atoms with Crippen LogP contribution in [-0.4, -0.2) is 71.3 Å². The molecule has 1 fully saturated rings. The number of rotatable bonds is 8. The summed E-state index contributed by atoms with van der Waals surface area (Å²) in [5, 5.41) is 6.15. The first-order chi connectivity index (χ1) is 18.2. The van der Waals surface area contributed by atoms with E-state index in [1.54, 1.807) is 29.6 Å². The quantitative estimate of drug-likeness (QED) is 0.417. The van der Waals surface area contributed by atoms with Crippen molar-refractivity contribution in [1.29, 1.82) is 0 Å². The van der Waals surface area contributed by atoms with Crippen molar-refractivity contribution >= 4 is 63.1 Å². The van der Waals surface area contributed by atoms with E-state index in [0.29, 0.717) is 39.5 Å². The molecular formula is C27H29Cl2N5O3S. The average Bonchev–Trinajstić information content (AvgIpc) is 3.33. The lowest BCUT2D eigenvalue weighted by atomic mass is 10.1. The van der Waals surface area contributed by atoms with Gasteiger partial charge in [0.05, 0.1) is 12.1 Å². The molecule has 0 saturated carbocycles. The summed E-state index contributed by atoms with van der Waals surface area (Å²) in [6.07, 6.45) is 0.163. The number of benzene rings is 2. The highest BCUT2D eigenvalue weighted by Gasteiger charge is 2.24. The molecule has 0 aliphatic carbocycles. The molecule has 4 rings (SSSR count). The number of aromatic nitrogens is 1. The summed E-state index contributed by atoms with van der Waals surface area (Å²) in [6.45, 7) is 6.27. The normalized spacial score (nSPS) is 13.5. The number of anilines is 2. The standard InChI is InChI=1S/C27H29Cl2N5O3S/c1-18(2)34(26(37)19-6-8-20(28)9-7-19)16-24(35)31-27-30-22(17-38-27)15-25(36)33-12-10-32(11-13-33)23-5-3-4-21(29)14-23/h3-9,14,17-18H,10-13,15-16H2,1-2H3,(H,30,31,35). The fourth-order valence-corrected chi connectivity index (χ4v) is 5.20. The number of nitrogens with one attached hydrogen (secondary N) is 1. The van der Waals surface area contributed by atoms with Gasteiger partial charge in [-0.3, -0.25) is 14.4 Å². The molecule has 1 N–H and O–H groups in total. The molecular weight excluding hydrogens is 545 g/mol. The van der Waals surface area contributed by atoms with Crippen molar-refractivity contribution in [2.75, 3.05) is 42.9 Å². The van der Waals surface area contributed by atoms with Crippen LogP contribution in [0.4, 0.5) is 10.8 Å². The highest BCUT2D eigenvalue weighted by atomic mass is 35.5. The highest BCUT2D eigenvalue weighted by molar-refractivity contribution is 7.13. The van der Waals surface area contributed by atoms with E-state index in [0.717, 1.165) is 18.8 Å². The Labute approximate surface area is 236 Å². The number of carbonyl (C=O) groups excluding carboxylic acids is 3. The highest BCUT2D eigenvalue weighted by Crippen LogP contribution is 2.22. The van der Waals surface area contributed by atoms with Gasteiger partial charge in [0.15, 0.2) is 5.13 Å². The fourth-order valence-electron chi connectivity index (χ4n) is 4.16. The molecule has 3 amide bonds. The summed E-state index contributed by atoms with van der Waals surface area (Å²) in [6, 6.07) is 14.1. The smallest absolute Gasteiger partial charge is 0.254 e. The van der Waals surface area contributed by atoms with Gasteiger partial charge in [-0.15, -0.1) is 11.3 Å². The van der Waals surface area contributed by atoms with Crippen molar-refractivity contribution in [3.63, 3.8) is 0 Å². The Morgan fingerprint density at radius 3 is 2.39 bits per heavy atom. The molecule has 1 aliphatic rings. The lowest BCUT2D eigenvalue weighted by molar-refractivity contribution is -0.130. The molecule has 3 aromatic rings. The lowest BCUT2D eigenvalue weighted by Gasteiger charge is -2.36. The van der Waals surface area contributed by atoms with Crippen LogP contribution in [0.25, 0.3) is 0 Å². The molecule has 2 aromatic carbocycles. The molecule has 2 heterocycles. The first-order valence-corrected chi connectivity index (χ1v) is 13.9. The molecule has 1 aromatic heterocycles. The predicted octanol–water partition coefficient (Wildman–Crippen LogP) is 4.83. The molecule has 8 nitrogen and oxygen atoms in total. The van der Waals surface area contributed by atoms with E-state index in [2.05, 4.69) is 15.2 Å². The molecule has 0 atom stereocenters. The zero-order valence-corrected chi connectivity index (χ0v) is 23.5. The van der Waals surface area contributed by atoms with Gasteiger partial charge in [0.25, 0.3) is 5.91 Å². The Morgan fingerprint density at radius 1 is 1.03 bits per heavy atom. The fraction of sp³-hybridized carbons (Fsp3) is 0.333. The third-order valence-electron chi connectivity index (χ3n) is 6.23. The predicted molar refractivity (Wildman–Crippen MR) is 152 cm³/mol. The summed E-state index contributed by atoms with van der Waals surface area (Å²) in [5.41, 5.74) is 2.11. The average molecular weight is 575 g/mol. The van der Waals surface area contributed by atoms with Gasteiger partial charge in [0, 0.05) is 58.9 Å². The van der Waals surface area contributed by atoms with Gasteiger partial charge in [-0.05, 0) is 56.3 Å². The molecule has 0 unspecified atom stereocenters. The second kappa shape index (κ2) is 12.6. The number of halogens is 2. The lowest BCUT2D eigenvalue weighted by Crippen LogP contribution is -2.49. The van der Waals surface area contributed by atoms with Gasteiger partial charge in [0.2, 0.25) is 11.8 Å². The first kappa shape index (κ1) is 27.9. The number of hydrogen-bond donors (Lipinski definition) is 1. The largest absolute Gasteiger partial charge is 0.368 e. The molecule has 38 heavy (non-hydrogen) atoms. The molecule has 200 valence electrons. The van der Waals surface area contributed by atoms with E-state index in [1.807, 2.05) is 43.0 Å². The minimum Gasteiger partial charge on any atom is -0.368 e. The Hall–Kier alpha value is -3.14. The topological polar surface area (TPSA) is 85.8 Å². The first-order valence-electron chi connectivity index (χ1n) is 12.3. The third kappa shape index (κ3) is 7.24. The van der Waals surface area contributed by atoms with E-state index in [1.165, 1.54) is 16.2 Å². The number of hydrogen-bond acceptors (Lipinski definition) is 6. The van der Waals surface area contributed by atoms with Crippen molar-refractivity contribution in [2.45, 2.75) is 26.3 Å². The Kier molecular flexibility index (Phi) is 9.25. The number of piperazine rings is 1. The third-order valence-corrected chi connectivity index (χ3v) is 7.52. The molecule has 0 spiro atoms. The summed E-state index contributed by atoms with van der Waals surface area (Å²) in [7, 11) is 0. The van der Waals surface area contributed by atoms with Crippen LogP contribution in [0, 0.1) is 0 Å². The molecule has 1 aliphatic heterocycles. The SMILES string of the molecule is CC(C)N(CC(=O)Nc1nc(CC(=O)N2CCN(c3cccc(Cl)c3)CC2)cs1)C(=O)c1ccc(Cl)cc1.